The highest BCUT2D eigenvalue weighted by Gasteiger charge is 2.20. The molecule has 0 unspecified atom stereocenters. The molecule has 5 heteroatoms. The molecule has 3 aromatic rings. The van der Waals surface area contributed by atoms with Gasteiger partial charge in [0.05, 0.1) is 0 Å². The highest BCUT2D eigenvalue weighted by molar-refractivity contribution is 5.89. The first-order valence-corrected chi connectivity index (χ1v) is 8.18. The van der Waals surface area contributed by atoms with Gasteiger partial charge in [-0.3, -0.25) is 0 Å². The smallest absolute Gasteiger partial charge is 0.149 e. The minimum absolute atomic E-state index is 0.297. The molecule has 1 fully saturated rings. The van der Waals surface area contributed by atoms with Gasteiger partial charge in [-0.2, -0.15) is 0 Å². The molecule has 1 aliphatic heterocycles. The Labute approximate surface area is 140 Å². The second-order valence-corrected chi connectivity index (χ2v) is 6.15. The van der Waals surface area contributed by atoms with Crippen LogP contribution in [0, 0.1) is 12.7 Å². The average molecular weight is 322 g/mol. The Hall–Kier alpha value is -2.69. The van der Waals surface area contributed by atoms with Crippen molar-refractivity contribution in [2.75, 3.05) is 36.0 Å². The molecule has 0 bridgehead atoms. The molecule has 0 spiro atoms. The molecule has 2 aromatic carbocycles. The third-order valence-corrected chi connectivity index (χ3v) is 4.54. The predicted molar refractivity (Wildman–Crippen MR) is 95.1 cm³/mol. The maximum atomic E-state index is 13.9. The van der Waals surface area contributed by atoms with Crippen molar-refractivity contribution in [2.45, 2.75) is 6.92 Å². The highest BCUT2D eigenvalue weighted by atomic mass is 19.1. The zero-order valence-electron chi connectivity index (χ0n) is 13.6. The van der Waals surface area contributed by atoms with E-state index in [1.165, 1.54) is 23.6 Å². The molecule has 1 aromatic heterocycles. The topological polar surface area (TPSA) is 32.3 Å². The summed E-state index contributed by atoms with van der Waals surface area (Å²) in [6.45, 7) is 5.67. The molecule has 0 aliphatic carbocycles. The average Bonchev–Trinajstić information content (AvgIpc) is 2.62. The minimum atomic E-state index is -0.297. The van der Waals surface area contributed by atoms with Crippen LogP contribution in [-0.2, 0) is 0 Å². The Morgan fingerprint density at radius 2 is 1.67 bits per heavy atom. The van der Waals surface area contributed by atoms with Crippen molar-refractivity contribution in [2.24, 2.45) is 0 Å². The second kappa shape index (κ2) is 6.07. The van der Waals surface area contributed by atoms with Crippen molar-refractivity contribution < 1.29 is 4.39 Å². The van der Waals surface area contributed by atoms with Gasteiger partial charge in [0.1, 0.15) is 23.5 Å². The molecule has 2 heterocycles. The van der Waals surface area contributed by atoms with E-state index in [-0.39, 0.29) is 5.82 Å². The van der Waals surface area contributed by atoms with Gasteiger partial charge in [0.15, 0.2) is 0 Å². The van der Waals surface area contributed by atoms with Gasteiger partial charge in [-0.15, -0.1) is 0 Å². The maximum Gasteiger partial charge on any atom is 0.149 e. The van der Waals surface area contributed by atoms with Gasteiger partial charge in [-0.25, -0.2) is 14.4 Å². The lowest BCUT2D eigenvalue weighted by atomic mass is 10.1. The SMILES string of the molecule is Cc1cccc(N2CCN(c3ncnc4c(F)cccc34)CC2)c1. The summed E-state index contributed by atoms with van der Waals surface area (Å²) in [5, 5.41) is 0.779. The van der Waals surface area contributed by atoms with Crippen molar-refractivity contribution in [3.63, 3.8) is 0 Å². The molecule has 0 atom stereocenters. The first kappa shape index (κ1) is 14.9. The molecule has 4 rings (SSSR count). The van der Waals surface area contributed by atoms with Crippen LogP contribution in [0.5, 0.6) is 0 Å². The fourth-order valence-electron chi connectivity index (χ4n) is 3.29. The van der Waals surface area contributed by atoms with Gasteiger partial charge in [0.2, 0.25) is 0 Å². The van der Waals surface area contributed by atoms with E-state index in [1.54, 1.807) is 6.07 Å². The van der Waals surface area contributed by atoms with E-state index in [1.807, 2.05) is 6.07 Å². The van der Waals surface area contributed by atoms with Crippen molar-refractivity contribution >= 4 is 22.4 Å². The van der Waals surface area contributed by atoms with Crippen LogP contribution >= 0.6 is 0 Å². The van der Waals surface area contributed by atoms with Crippen LogP contribution in [0.15, 0.2) is 48.8 Å². The number of piperazine rings is 1. The lowest BCUT2D eigenvalue weighted by Crippen LogP contribution is -2.47. The third kappa shape index (κ3) is 2.66. The number of fused-ring (bicyclic) bond motifs is 1. The summed E-state index contributed by atoms with van der Waals surface area (Å²) in [6.07, 6.45) is 1.45. The Morgan fingerprint density at radius 1 is 0.917 bits per heavy atom. The lowest BCUT2D eigenvalue weighted by Gasteiger charge is -2.37. The van der Waals surface area contributed by atoms with E-state index in [9.17, 15) is 4.39 Å². The Balaban J connectivity index is 1.57. The molecule has 0 saturated carbocycles. The number of rotatable bonds is 2. The molecule has 0 N–H and O–H groups in total. The van der Waals surface area contributed by atoms with Crippen molar-refractivity contribution in [3.05, 3.63) is 60.2 Å². The molecule has 1 aliphatic rings. The number of hydrogen-bond acceptors (Lipinski definition) is 4. The van der Waals surface area contributed by atoms with E-state index >= 15 is 0 Å². The number of aromatic nitrogens is 2. The zero-order chi connectivity index (χ0) is 16.5. The quantitative estimate of drug-likeness (QED) is 0.724. The zero-order valence-corrected chi connectivity index (χ0v) is 13.6. The van der Waals surface area contributed by atoms with Crippen molar-refractivity contribution in [1.82, 2.24) is 9.97 Å². The summed E-state index contributed by atoms with van der Waals surface area (Å²) in [7, 11) is 0. The molecule has 4 nitrogen and oxygen atoms in total. The number of hydrogen-bond donors (Lipinski definition) is 0. The van der Waals surface area contributed by atoms with Crippen LogP contribution in [0.1, 0.15) is 5.56 Å². The Morgan fingerprint density at radius 3 is 2.46 bits per heavy atom. The summed E-state index contributed by atoms with van der Waals surface area (Å²) < 4.78 is 13.9. The first-order chi connectivity index (χ1) is 11.7. The number of nitrogens with zero attached hydrogens (tertiary/aromatic N) is 4. The van der Waals surface area contributed by atoms with Crippen LogP contribution in [0.2, 0.25) is 0 Å². The van der Waals surface area contributed by atoms with Crippen LogP contribution in [0.3, 0.4) is 0 Å². The van der Waals surface area contributed by atoms with E-state index < -0.39 is 0 Å². The lowest BCUT2D eigenvalue weighted by molar-refractivity contribution is 0.634. The summed E-state index contributed by atoms with van der Waals surface area (Å²) in [5.74, 6) is 0.526. The molecule has 24 heavy (non-hydrogen) atoms. The summed E-state index contributed by atoms with van der Waals surface area (Å²) in [5.41, 5.74) is 2.92. The predicted octanol–water partition coefficient (Wildman–Crippen LogP) is 3.40. The first-order valence-electron chi connectivity index (χ1n) is 8.18. The van der Waals surface area contributed by atoms with E-state index in [2.05, 4.69) is 51.0 Å². The molecular formula is C19H19FN4. The van der Waals surface area contributed by atoms with Crippen LogP contribution in [-0.4, -0.2) is 36.1 Å². The fourth-order valence-corrected chi connectivity index (χ4v) is 3.29. The summed E-state index contributed by atoms with van der Waals surface area (Å²) >= 11 is 0. The fraction of sp³-hybridized carbons (Fsp3) is 0.263. The number of anilines is 2. The van der Waals surface area contributed by atoms with Gasteiger partial charge in [0.25, 0.3) is 0 Å². The molecule has 0 amide bonds. The monoisotopic (exact) mass is 322 g/mol. The molecule has 122 valence electrons. The number of aryl methyl sites for hydroxylation is 1. The minimum Gasteiger partial charge on any atom is -0.368 e. The van der Waals surface area contributed by atoms with Gasteiger partial charge >= 0.3 is 0 Å². The van der Waals surface area contributed by atoms with Crippen LogP contribution < -0.4 is 9.80 Å². The molecule has 0 radical (unpaired) electrons. The van der Waals surface area contributed by atoms with E-state index in [0.717, 1.165) is 37.4 Å². The van der Waals surface area contributed by atoms with Gasteiger partial charge < -0.3 is 9.80 Å². The number of benzene rings is 2. The van der Waals surface area contributed by atoms with Gasteiger partial charge in [-0.1, -0.05) is 18.2 Å². The standard InChI is InChI=1S/C19H19FN4/c1-14-4-2-5-15(12-14)23-8-10-24(11-9-23)19-16-6-3-7-17(20)18(16)21-13-22-19/h2-7,12-13H,8-11H2,1H3. The molecule has 1 saturated heterocycles. The summed E-state index contributed by atoms with van der Waals surface area (Å²) in [6, 6.07) is 13.6. The Kier molecular flexibility index (Phi) is 3.76. The van der Waals surface area contributed by atoms with Crippen molar-refractivity contribution in [1.29, 1.82) is 0 Å². The maximum absolute atomic E-state index is 13.9. The van der Waals surface area contributed by atoms with E-state index in [0.29, 0.717) is 5.52 Å². The Bertz CT molecular complexity index is 872. The van der Waals surface area contributed by atoms with Crippen LogP contribution in [0.25, 0.3) is 10.9 Å². The highest BCUT2D eigenvalue weighted by Crippen LogP contribution is 2.26. The second-order valence-electron chi connectivity index (χ2n) is 6.15. The van der Waals surface area contributed by atoms with Gasteiger partial charge in [-0.05, 0) is 36.8 Å². The van der Waals surface area contributed by atoms with Crippen molar-refractivity contribution in [3.8, 4) is 0 Å². The molecular weight excluding hydrogens is 303 g/mol. The van der Waals surface area contributed by atoms with Gasteiger partial charge in [0, 0.05) is 37.3 Å². The number of para-hydroxylation sites is 1. The van der Waals surface area contributed by atoms with E-state index in [4.69, 9.17) is 0 Å². The third-order valence-electron chi connectivity index (χ3n) is 4.54. The normalized spacial score (nSPS) is 15.1. The largest absolute Gasteiger partial charge is 0.368 e. The summed E-state index contributed by atoms with van der Waals surface area (Å²) in [4.78, 5) is 13.1. The number of halogens is 1. The van der Waals surface area contributed by atoms with Crippen LogP contribution in [0.4, 0.5) is 15.9 Å².